The van der Waals surface area contributed by atoms with E-state index < -0.39 is 17.2 Å². The zero-order valence-electron chi connectivity index (χ0n) is 19.4. The molecule has 10 nitrogen and oxygen atoms in total. The van der Waals surface area contributed by atoms with Crippen LogP contribution in [0.25, 0.3) is 11.2 Å². The van der Waals surface area contributed by atoms with Crippen LogP contribution in [0.1, 0.15) is 70.5 Å². The normalized spacial score (nSPS) is 11.1. The number of aromatic nitrogens is 4. The van der Waals surface area contributed by atoms with E-state index in [-0.39, 0.29) is 12.5 Å². The first-order valence-corrected chi connectivity index (χ1v) is 11.4. The van der Waals surface area contributed by atoms with E-state index in [9.17, 15) is 19.2 Å². The Labute approximate surface area is 187 Å². The Bertz CT molecular complexity index is 1020. The first-order valence-electron chi connectivity index (χ1n) is 11.4. The van der Waals surface area contributed by atoms with Gasteiger partial charge in [0.05, 0.1) is 6.61 Å². The number of unbranched alkanes of at least 4 members (excludes halogenated alkanes) is 7. The van der Waals surface area contributed by atoms with E-state index in [4.69, 9.17) is 4.74 Å². The highest BCUT2D eigenvalue weighted by atomic mass is 16.5. The predicted molar refractivity (Wildman–Crippen MR) is 121 cm³/mol. The number of hydrogen-bond donors (Lipinski definition) is 2. The summed E-state index contributed by atoms with van der Waals surface area (Å²) in [6, 6.07) is 0. The van der Waals surface area contributed by atoms with Crippen LogP contribution in [0.2, 0.25) is 0 Å². The van der Waals surface area contributed by atoms with Crippen LogP contribution in [0.3, 0.4) is 0 Å². The number of aromatic amines is 1. The molecule has 0 atom stereocenters. The highest BCUT2D eigenvalue weighted by molar-refractivity contribution is 5.81. The summed E-state index contributed by atoms with van der Waals surface area (Å²) in [6.45, 7) is 1.99. The maximum atomic E-state index is 12.1. The number of imidazole rings is 1. The van der Waals surface area contributed by atoms with Gasteiger partial charge >= 0.3 is 11.7 Å². The highest BCUT2D eigenvalue weighted by Gasteiger charge is 2.14. The fourth-order valence-electron chi connectivity index (χ4n) is 3.68. The van der Waals surface area contributed by atoms with Gasteiger partial charge in [-0.15, -0.1) is 0 Å². The van der Waals surface area contributed by atoms with Crippen molar-refractivity contribution in [2.75, 3.05) is 13.2 Å². The minimum absolute atomic E-state index is 0.0599. The molecule has 1 amide bonds. The Hall–Kier alpha value is -2.91. The average molecular weight is 450 g/mol. The number of esters is 1. The van der Waals surface area contributed by atoms with Crippen LogP contribution in [-0.2, 0) is 34.8 Å². The zero-order chi connectivity index (χ0) is 23.5. The third-order valence-electron chi connectivity index (χ3n) is 5.52. The van der Waals surface area contributed by atoms with Gasteiger partial charge in [-0.1, -0.05) is 38.5 Å². The van der Waals surface area contributed by atoms with Gasteiger partial charge in [-0.05, 0) is 19.8 Å². The van der Waals surface area contributed by atoms with Crippen LogP contribution in [0.5, 0.6) is 0 Å². The van der Waals surface area contributed by atoms with Crippen molar-refractivity contribution in [3.05, 3.63) is 26.7 Å². The van der Waals surface area contributed by atoms with Crippen LogP contribution >= 0.6 is 0 Å². The van der Waals surface area contributed by atoms with E-state index in [2.05, 4.69) is 15.3 Å². The number of rotatable bonds is 14. The van der Waals surface area contributed by atoms with Gasteiger partial charge < -0.3 is 14.6 Å². The number of carbonyl (C=O) groups excluding carboxylic acids is 2. The maximum Gasteiger partial charge on any atom is 0.329 e. The maximum absolute atomic E-state index is 12.1. The van der Waals surface area contributed by atoms with Gasteiger partial charge in [-0.3, -0.25) is 23.9 Å². The van der Waals surface area contributed by atoms with Crippen molar-refractivity contribution in [2.45, 2.75) is 71.1 Å². The molecule has 10 heteroatoms. The first kappa shape index (κ1) is 25.4. The molecule has 178 valence electrons. The number of fused-ring (bicyclic) bond motifs is 1. The molecule has 0 aliphatic carbocycles. The number of aryl methyl sites for hydroxylation is 3. The van der Waals surface area contributed by atoms with Gasteiger partial charge in [0.2, 0.25) is 5.91 Å². The minimum atomic E-state index is -0.454. The Kier molecular flexibility index (Phi) is 10.2. The summed E-state index contributed by atoms with van der Waals surface area (Å²) < 4.78 is 7.90. The standard InChI is InChI=1S/C22H35N5O5/c1-4-32-18(29)15-23-17(28)14-12-10-8-6-5-7-9-11-13-16-24-20-19(26(16)2)21(30)25-22(31)27(20)3/h4-15H2,1-3H3,(H,23,28)(H,25,30,31). The highest BCUT2D eigenvalue weighted by Crippen LogP contribution is 2.14. The van der Waals surface area contributed by atoms with E-state index in [1.165, 1.54) is 4.57 Å². The molecule has 2 N–H and O–H groups in total. The summed E-state index contributed by atoms with van der Waals surface area (Å²) in [6.07, 6.45) is 9.57. The molecule has 0 spiro atoms. The number of nitrogens with one attached hydrogen (secondary N) is 2. The molecule has 0 aliphatic rings. The van der Waals surface area contributed by atoms with E-state index >= 15 is 0 Å². The van der Waals surface area contributed by atoms with Crippen molar-refractivity contribution in [1.29, 1.82) is 0 Å². The lowest BCUT2D eigenvalue weighted by Gasteiger charge is -2.05. The van der Waals surface area contributed by atoms with Gasteiger partial charge in [0.1, 0.15) is 12.4 Å². The fourth-order valence-corrected chi connectivity index (χ4v) is 3.68. The summed E-state index contributed by atoms with van der Waals surface area (Å²) in [7, 11) is 3.41. The van der Waals surface area contributed by atoms with Crippen molar-refractivity contribution < 1.29 is 14.3 Å². The van der Waals surface area contributed by atoms with Crippen LogP contribution in [0.4, 0.5) is 0 Å². The van der Waals surface area contributed by atoms with Crippen molar-refractivity contribution in [1.82, 2.24) is 24.4 Å². The van der Waals surface area contributed by atoms with Crippen molar-refractivity contribution in [2.24, 2.45) is 14.1 Å². The number of amides is 1. The molecule has 2 aromatic rings. The number of nitrogens with zero attached hydrogens (tertiary/aromatic N) is 3. The van der Waals surface area contributed by atoms with Gasteiger partial charge in [0, 0.05) is 26.9 Å². The van der Waals surface area contributed by atoms with Crippen molar-refractivity contribution in [3.8, 4) is 0 Å². The topological polar surface area (TPSA) is 128 Å². The molecule has 0 fully saturated rings. The summed E-state index contributed by atoms with van der Waals surface area (Å²) in [5.41, 5.74) is -0.00668. The summed E-state index contributed by atoms with van der Waals surface area (Å²) in [5, 5.41) is 2.57. The largest absolute Gasteiger partial charge is 0.465 e. The molecule has 2 rings (SSSR count). The lowest BCUT2D eigenvalue weighted by molar-refractivity contribution is -0.143. The fraction of sp³-hybridized carbons (Fsp3) is 0.682. The Morgan fingerprint density at radius 2 is 1.59 bits per heavy atom. The van der Waals surface area contributed by atoms with Crippen LogP contribution < -0.4 is 16.6 Å². The Balaban J connectivity index is 1.56. The first-order chi connectivity index (χ1) is 15.3. The smallest absolute Gasteiger partial charge is 0.329 e. The van der Waals surface area contributed by atoms with E-state index in [0.29, 0.717) is 24.2 Å². The molecule has 0 bridgehead atoms. The van der Waals surface area contributed by atoms with Gasteiger partial charge in [0.15, 0.2) is 11.2 Å². The lowest BCUT2D eigenvalue weighted by atomic mass is 10.1. The summed E-state index contributed by atoms with van der Waals surface area (Å²) in [5.74, 6) is 0.297. The lowest BCUT2D eigenvalue weighted by Crippen LogP contribution is -2.30. The third-order valence-corrected chi connectivity index (χ3v) is 5.52. The second-order valence-electron chi connectivity index (χ2n) is 7.99. The van der Waals surface area contributed by atoms with E-state index in [1.807, 2.05) is 7.05 Å². The van der Waals surface area contributed by atoms with Gasteiger partial charge in [-0.2, -0.15) is 0 Å². The monoisotopic (exact) mass is 449 g/mol. The van der Waals surface area contributed by atoms with E-state index in [1.54, 1.807) is 18.5 Å². The van der Waals surface area contributed by atoms with Crippen LogP contribution in [0, 0.1) is 0 Å². The molecular weight excluding hydrogens is 414 g/mol. The van der Waals surface area contributed by atoms with Gasteiger partial charge in [-0.25, -0.2) is 9.78 Å². The molecule has 0 saturated heterocycles. The summed E-state index contributed by atoms with van der Waals surface area (Å²) >= 11 is 0. The van der Waals surface area contributed by atoms with Gasteiger partial charge in [0.25, 0.3) is 5.56 Å². The minimum Gasteiger partial charge on any atom is -0.465 e. The SMILES string of the molecule is CCOC(=O)CNC(=O)CCCCCCCCCCc1nc2c(c(=O)[nH]c(=O)n2C)n1C. The second-order valence-corrected chi connectivity index (χ2v) is 7.99. The van der Waals surface area contributed by atoms with Crippen LogP contribution in [0.15, 0.2) is 9.59 Å². The predicted octanol–water partition coefficient (Wildman–Crippen LogP) is 1.69. The third kappa shape index (κ3) is 7.35. The zero-order valence-corrected chi connectivity index (χ0v) is 19.4. The molecule has 0 saturated carbocycles. The average Bonchev–Trinajstić information content (AvgIpc) is 3.09. The number of ether oxygens (including phenoxy) is 1. The Morgan fingerprint density at radius 1 is 0.969 bits per heavy atom. The quantitative estimate of drug-likeness (QED) is 0.334. The number of H-pyrrole nitrogens is 1. The molecule has 0 radical (unpaired) electrons. The molecular formula is C22H35N5O5. The molecule has 0 unspecified atom stereocenters. The van der Waals surface area contributed by atoms with Crippen LogP contribution in [-0.4, -0.2) is 44.1 Å². The molecule has 32 heavy (non-hydrogen) atoms. The van der Waals surface area contributed by atoms with Crippen molar-refractivity contribution in [3.63, 3.8) is 0 Å². The molecule has 0 aliphatic heterocycles. The molecule has 2 aromatic heterocycles. The van der Waals surface area contributed by atoms with Crippen molar-refractivity contribution >= 4 is 23.0 Å². The second kappa shape index (κ2) is 12.8. The molecule has 0 aromatic carbocycles. The number of hydrogen-bond acceptors (Lipinski definition) is 6. The molecule has 2 heterocycles. The Morgan fingerprint density at radius 3 is 2.25 bits per heavy atom. The number of carbonyl (C=O) groups is 2. The summed E-state index contributed by atoms with van der Waals surface area (Å²) in [4.78, 5) is 53.4. The van der Waals surface area contributed by atoms with E-state index in [0.717, 1.165) is 63.6 Å².